The van der Waals surface area contributed by atoms with Gasteiger partial charge in [0.2, 0.25) is 0 Å². The summed E-state index contributed by atoms with van der Waals surface area (Å²) in [5.74, 6) is 0.429. The van der Waals surface area contributed by atoms with Crippen LogP contribution in [0.1, 0.15) is 52.4 Å². The van der Waals surface area contributed by atoms with Crippen LogP contribution in [0, 0.1) is 10.8 Å². The second kappa shape index (κ2) is 3.06. The highest BCUT2D eigenvalue weighted by Gasteiger charge is 2.54. The molecule has 0 saturated heterocycles. The van der Waals surface area contributed by atoms with E-state index in [1.165, 1.54) is 0 Å². The molecule has 0 spiro atoms. The Morgan fingerprint density at radius 2 is 2.07 bits per heavy atom. The lowest BCUT2D eigenvalue weighted by molar-refractivity contribution is -0.149. The molecule has 2 aliphatic carbocycles. The average Bonchev–Trinajstić information content (AvgIpc) is 2.10. The van der Waals surface area contributed by atoms with Gasteiger partial charge in [0, 0.05) is 11.8 Å². The van der Waals surface area contributed by atoms with Crippen LogP contribution >= 0.6 is 0 Å². The van der Waals surface area contributed by atoms with Gasteiger partial charge < -0.3 is 5.11 Å². The van der Waals surface area contributed by atoms with Gasteiger partial charge in [0.15, 0.2) is 0 Å². The molecular formula is C12H20O2. The van der Waals surface area contributed by atoms with Gasteiger partial charge in [0.25, 0.3) is 0 Å². The molecule has 0 aromatic carbocycles. The summed E-state index contributed by atoms with van der Waals surface area (Å²) in [7, 11) is 0. The highest BCUT2D eigenvalue weighted by atomic mass is 16.3. The summed E-state index contributed by atoms with van der Waals surface area (Å²) in [5, 5.41) is 9.70. The number of hydrogen-bond acceptors (Lipinski definition) is 2. The Hall–Kier alpha value is -0.370. The van der Waals surface area contributed by atoms with E-state index in [-0.39, 0.29) is 16.9 Å². The summed E-state index contributed by atoms with van der Waals surface area (Å²) in [6.45, 7) is 4.30. The number of carbonyl (C=O) groups is 1. The quantitative estimate of drug-likeness (QED) is 0.645. The molecule has 0 aliphatic heterocycles. The molecule has 2 fully saturated rings. The molecule has 2 aliphatic rings. The minimum Gasteiger partial charge on any atom is -0.393 e. The third-order valence-corrected chi connectivity index (χ3v) is 4.74. The molecule has 80 valence electrons. The molecule has 0 radical (unpaired) electrons. The Morgan fingerprint density at radius 1 is 1.36 bits per heavy atom. The third kappa shape index (κ3) is 1.23. The number of aliphatic hydroxyl groups is 1. The molecule has 0 amide bonds. The minimum absolute atomic E-state index is 0.0556. The second-order valence-corrected chi connectivity index (χ2v) is 5.57. The molecule has 0 aromatic heterocycles. The van der Waals surface area contributed by atoms with E-state index >= 15 is 0 Å². The molecular weight excluding hydrogens is 176 g/mol. The summed E-state index contributed by atoms with van der Waals surface area (Å²) < 4.78 is 0. The van der Waals surface area contributed by atoms with E-state index < -0.39 is 0 Å². The zero-order valence-corrected chi connectivity index (χ0v) is 9.18. The van der Waals surface area contributed by atoms with Gasteiger partial charge >= 0.3 is 0 Å². The molecule has 2 saturated carbocycles. The topological polar surface area (TPSA) is 37.3 Å². The van der Waals surface area contributed by atoms with Crippen LogP contribution in [-0.4, -0.2) is 17.0 Å². The highest BCUT2D eigenvalue weighted by Crippen LogP contribution is 2.56. The first kappa shape index (κ1) is 10.2. The molecule has 0 aromatic rings. The van der Waals surface area contributed by atoms with Crippen LogP contribution in [-0.2, 0) is 4.79 Å². The van der Waals surface area contributed by atoms with Gasteiger partial charge in [-0.15, -0.1) is 0 Å². The summed E-state index contributed by atoms with van der Waals surface area (Å²) in [6, 6.07) is 0. The number of carbonyl (C=O) groups excluding carboxylic acids is 1. The Kier molecular flexibility index (Phi) is 2.22. The molecule has 14 heavy (non-hydrogen) atoms. The third-order valence-electron chi connectivity index (χ3n) is 4.74. The maximum absolute atomic E-state index is 12.0. The van der Waals surface area contributed by atoms with Crippen LogP contribution in [0.5, 0.6) is 0 Å². The van der Waals surface area contributed by atoms with Crippen molar-refractivity contribution in [2.45, 2.75) is 58.5 Å². The number of ketones is 1. The van der Waals surface area contributed by atoms with Crippen molar-refractivity contribution in [3.63, 3.8) is 0 Å². The van der Waals surface area contributed by atoms with Crippen molar-refractivity contribution in [1.29, 1.82) is 0 Å². The van der Waals surface area contributed by atoms with Gasteiger partial charge in [-0.25, -0.2) is 0 Å². The van der Waals surface area contributed by atoms with Gasteiger partial charge in [-0.1, -0.05) is 13.8 Å². The van der Waals surface area contributed by atoms with Crippen molar-refractivity contribution in [3.05, 3.63) is 0 Å². The summed E-state index contributed by atoms with van der Waals surface area (Å²) in [6.07, 6.45) is 5.18. The predicted molar refractivity (Wildman–Crippen MR) is 54.9 cm³/mol. The summed E-state index contributed by atoms with van der Waals surface area (Å²) >= 11 is 0. The van der Waals surface area contributed by atoms with E-state index in [4.69, 9.17) is 0 Å². The Balaban J connectivity index is 2.31. The normalized spacial score (nSPS) is 48.8. The standard InChI is InChI=1S/C12H20O2/c1-11-6-3-4-10(14)12(11,2)7-5-9(13)8-11/h9,13H,3-8H2,1-2H3. The number of aliphatic hydroxyl groups excluding tert-OH is 1. The monoisotopic (exact) mass is 196 g/mol. The highest BCUT2D eigenvalue weighted by molar-refractivity contribution is 5.86. The minimum atomic E-state index is -0.182. The van der Waals surface area contributed by atoms with E-state index in [0.29, 0.717) is 5.78 Å². The van der Waals surface area contributed by atoms with E-state index in [1.54, 1.807) is 0 Å². The van der Waals surface area contributed by atoms with E-state index in [2.05, 4.69) is 13.8 Å². The second-order valence-electron chi connectivity index (χ2n) is 5.57. The lowest BCUT2D eigenvalue weighted by Crippen LogP contribution is -2.51. The molecule has 1 N–H and O–H groups in total. The molecule has 2 rings (SSSR count). The molecule has 0 bridgehead atoms. The zero-order chi connectivity index (χ0) is 10.4. The van der Waals surface area contributed by atoms with Crippen LogP contribution in [0.2, 0.25) is 0 Å². The van der Waals surface area contributed by atoms with Gasteiger partial charge in [0.1, 0.15) is 5.78 Å². The predicted octanol–water partition coefficient (Wildman–Crippen LogP) is 2.30. The van der Waals surface area contributed by atoms with Gasteiger partial charge in [-0.3, -0.25) is 4.79 Å². The van der Waals surface area contributed by atoms with Crippen molar-refractivity contribution in [3.8, 4) is 0 Å². The average molecular weight is 196 g/mol. The molecule has 3 atom stereocenters. The number of fused-ring (bicyclic) bond motifs is 1. The van der Waals surface area contributed by atoms with Crippen molar-refractivity contribution in [1.82, 2.24) is 0 Å². The van der Waals surface area contributed by atoms with Gasteiger partial charge in [-0.05, 0) is 37.5 Å². The Bertz CT molecular complexity index is 261. The largest absolute Gasteiger partial charge is 0.393 e. The fourth-order valence-corrected chi connectivity index (χ4v) is 3.37. The number of Topliss-reactive ketones (excluding diaryl/α,β-unsaturated/α-hetero) is 1. The maximum Gasteiger partial charge on any atom is 0.139 e. The van der Waals surface area contributed by atoms with Crippen LogP contribution in [0.25, 0.3) is 0 Å². The summed E-state index contributed by atoms with van der Waals surface area (Å²) in [4.78, 5) is 12.0. The van der Waals surface area contributed by atoms with Gasteiger partial charge in [-0.2, -0.15) is 0 Å². The van der Waals surface area contributed by atoms with Crippen LogP contribution in [0.4, 0.5) is 0 Å². The molecule has 2 nitrogen and oxygen atoms in total. The van der Waals surface area contributed by atoms with Crippen molar-refractivity contribution in [2.75, 3.05) is 0 Å². The van der Waals surface area contributed by atoms with Crippen molar-refractivity contribution >= 4 is 5.78 Å². The van der Waals surface area contributed by atoms with E-state index in [1.807, 2.05) is 0 Å². The fourth-order valence-electron chi connectivity index (χ4n) is 3.37. The fraction of sp³-hybridized carbons (Fsp3) is 0.917. The lowest BCUT2D eigenvalue weighted by Gasteiger charge is -2.53. The first-order valence-corrected chi connectivity index (χ1v) is 5.69. The Labute approximate surface area is 85.7 Å². The van der Waals surface area contributed by atoms with E-state index in [9.17, 15) is 9.90 Å². The molecule has 0 heterocycles. The SMILES string of the molecule is CC12CCCC(=O)C1(C)CCC(O)C2. The summed E-state index contributed by atoms with van der Waals surface area (Å²) in [5.41, 5.74) is -0.0928. The first-order valence-electron chi connectivity index (χ1n) is 5.69. The van der Waals surface area contributed by atoms with Crippen LogP contribution < -0.4 is 0 Å². The zero-order valence-electron chi connectivity index (χ0n) is 9.18. The Morgan fingerprint density at radius 3 is 2.79 bits per heavy atom. The van der Waals surface area contributed by atoms with Gasteiger partial charge in [0.05, 0.1) is 6.10 Å². The van der Waals surface area contributed by atoms with Crippen LogP contribution in [0.3, 0.4) is 0 Å². The first-order chi connectivity index (χ1) is 6.48. The number of hydrogen-bond donors (Lipinski definition) is 1. The van der Waals surface area contributed by atoms with Crippen LogP contribution in [0.15, 0.2) is 0 Å². The number of rotatable bonds is 0. The maximum atomic E-state index is 12.0. The van der Waals surface area contributed by atoms with E-state index in [0.717, 1.165) is 38.5 Å². The smallest absolute Gasteiger partial charge is 0.139 e. The molecule has 3 unspecified atom stereocenters. The van der Waals surface area contributed by atoms with Crippen molar-refractivity contribution < 1.29 is 9.90 Å². The molecule has 2 heteroatoms. The lowest BCUT2D eigenvalue weighted by atomic mass is 9.51. The van der Waals surface area contributed by atoms with Crippen molar-refractivity contribution in [2.24, 2.45) is 10.8 Å².